The van der Waals surface area contributed by atoms with Gasteiger partial charge in [0.2, 0.25) is 0 Å². The van der Waals surface area contributed by atoms with Gasteiger partial charge in [-0.2, -0.15) is 5.10 Å². The first kappa shape index (κ1) is 22.3. The molecule has 0 N–H and O–H groups in total. The van der Waals surface area contributed by atoms with Crippen molar-refractivity contribution < 1.29 is 19.2 Å². The van der Waals surface area contributed by atoms with Gasteiger partial charge in [0.15, 0.2) is 0 Å². The summed E-state index contributed by atoms with van der Waals surface area (Å²) >= 11 is 0. The second kappa shape index (κ2) is 9.02. The van der Waals surface area contributed by atoms with Gasteiger partial charge in [-0.15, -0.1) is 0 Å². The molecule has 1 saturated heterocycles. The second-order valence-corrected chi connectivity index (χ2v) is 8.41. The molecule has 9 heteroatoms. The third-order valence-corrected chi connectivity index (χ3v) is 6.17. The van der Waals surface area contributed by atoms with Crippen LogP contribution in [0, 0.1) is 17.0 Å². The third-order valence-electron chi connectivity index (χ3n) is 6.17. The van der Waals surface area contributed by atoms with Crippen LogP contribution in [0.25, 0.3) is 0 Å². The highest BCUT2D eigenvalue weighted by Crippen LogP contribution is 2.39. The van der Waals surface area contributed by atoms with Gasteiger partial charge < -0.3 is 4.74 Å². The van der Waals surface area contributed by atoms with Gasteiger partial charge in [-0.05, 0) is 30.2 Å². The molecule has 3 aromatic rings. The molecule has 0 aromatic heterocycles. The number of hydrogen-bond acceptors (Lipinski definition) is 7. The maximum absolute atomic E-state index is 13.8. The van der Waals surface area contributed by atoms with Crippen molar-refractivity contribution in [3.63, 3.8) is 0 Å². The zero-order valence-electron chi connectivity index (χ0n) is 18.9. The molecule has 9 nitrogen and oxygen atoms in total. The molecule has 3 aromatic carbocycles. The van der Waals surface area contributed by atoms with E-state index in [-0.39, 0.29) is 18.8 Å². The summed E-state index contributed by atoms with van der Waals surface area (Å²) in [5.41, 5.74) is 3.81. The van der Waals surface area contributed by atoms with Crippen LogP contribution in [0.5, 0.6) is 0 Å². The number of rotatable bonds is 5. The van der Waals surface area contributed by atoms with Crippen molar-refractivity contribution in [3.8, 4) is 0 Å². The van der Waals surface area contributed by atoms with E-state index in [4.69, 9.17) is 9.84 Å². The third kappa shape index (κ3) is 4.12. The topological polar surface area (TPSA) is 105 Å². The minimum atomic E-state index is -0.889. The zero-order chi connectivity index (χ0) is 24.5. The number of cyclic esters (lactones) is 1. The van der Waals surface area contributed by atoms with Gasteiger partial charge in [-0.3, -0.25) is 19.9 Å². The number of nitrogens with zero attached hydrogens (tertiary/aromatic N) is 4. The summed E-state index contributed by atoms with van der Waals surface area (Å²) in [7, 11) is 0. The molecule has 176 valence electrons. The van der Waals surface area contributed by atoms with Gasteiger partial charge in [0.05, 0.1) is 28.8 Å². The largest absolute Gasteiger partial charge is 0.447 e. The lowest BCUT2D eigenvalue weighted by atomic mass is 9.84. The van der Waals surface area contributed by atoms with Crippen molar-refractivity contribution in [1.29, 1.82) is 0 Å². The highest BCUT2D eigenvalue weighted by molar-refractivity contribution is 6.13. The smallest absolute Gasteiger partial charge is 0.416 e. The Kier molecular flexibility index (Phi) is 5.74. The van der Waals surface area contributed by atoms with Crippen LogP contribution in [0.4, 0.5) is 16.2 Å². The number of nitro groups is 1. The Bertz CT molecular complexity index is 1320. The van der Waals surface area contributed by atoms with Crippen LogP contribution in [0.3, 0.4) is 0 Å². The number of ether oxygens (including phenoxy) is 1. The molecule has 2 atom stereocenters. The summed E-state index contributed by atoms with van der Waals surface area (Å²) in [4.78, 5) is 38.1. The number of nitro benzene ring substituents is 1. The lowest BCUT2D eigenvalue weighted by Crippen LogP contribution is -2.48. The Morgan fingerprint density at radius 2 is 1.80 bits per heavy atom. The van der Waals surface area contributed by atoms with Crippen molar-refractivity contribution in [3.05, 3.63) is 106 Å². The molecule has 0 spiro atoms. The SMILES string of the molecule is Cc1cccc(C2=NN(c3ccccc3)[C@@H](C(=O)N3CCOC3=O)[C@@H]2c2ccc([N+](=O)[O-])cc2)c1. The molecular formula is C26H22N4O5. The summed E-state index contributed by atoms with van der Waals surface area (Å²) in [6.45, 7) is 2.26. The minimum absolute atomic E-state index is 0.0493. The normalized spacial score (nSPS) is 19.5. The molecule has 1 fully saturated rings. The number of benzene rings is 3. The van der Waals surface area contributed by atoms with Crippen LogP contribution in [-0.2, 0) is 9.53 Å². The number of hydrazone groups is 1. The predicted molar refractivity (Wildman–Crippen MR) is 129 cm³/mol. The lowest BCUT2D eigenvalue weighted by molar-refractivity contribution is -0.384. The summed E-state index contributed by atoms with van der Waals surface area (Å²) < 4.78 is 5.03. The van der Waals surface area contributed by atoms with E-state index in [1.165, 1.54) is 12.1 Å². The van der Waals surface area contributed by atoms with Crippen molar-refractivity contribution in [2.24, 2.45) is 5.10 Å². The first-order valence-electron chi connectivity index (χ1n) is 11.2. The van der Waals surface area contributed by atoms with Gasteiger partial charge in [0.25, 0.3) is 11.6 Å². The zero-order valence-corrected chi connectivity index (χ0v) is 18.9. The van der Waals surface area contributed by atoms with E-state index in [9.17, 15) is 19.7 Å². The van der Waals surface area contributed by atoms with Gasteiger partial charge >= 0.3 is 6.09 Å². The Balaban J connectivity index is 1.68. The molecule has 0 aliphatic carbocycles. The van der Waals surface area contributed by atoms with E-state index in [1.54, 1.807) is 17.1 Å². The molecule has 0 saturated carbocycles. The predicted octanol–water partition coefficient (Wildman–Crippen LogP) is 4.26. The Hall–Kier alpha value is -4.53. The standard InChI is InChI=1S/C26H22N4O5/c1-17-6-5-7-19(16-17)23-22(18-10-12-21(13-11-18)30(33)34)24(25(31)28-14-15-35-26(28)32)29(27-23)20-8-3-2-4-9-20/h2-13,16,22,24H,14-15H2,1H3/t22-,24-/m1/s1. The number of non-ortho nitro benzene ring substituents is 1. The van der Waals surface area contributed by atoms with Crippen molar-refractivity contribution in [1.82, 2.24) is 4.90 Å². The van der Waals surface area contributed by atoms with E-state index >= 15 is 0 Å². The van der Waals surface area contributed by atoms with Crippen molar-refractivity contribution in [2.45, 2.75) is 18.9 Å². The fourth-order valence-electron chi connectivity index (χ4n) is 4.52. The molecule has 35 heavy (non-hydrogen) atoms. The second-order valence-electron chi connectivity index (χ2n) is 8.41. The number of imide groups is 1. The molecule has 5 rings (SSSR count). The number of carbonyl (C=O) groups is 2. The van der Waals surface area contributed by atoms with Gasteiger partial charge in [0, 0.05) is 12.1 Å². The Morgan fingerprint density at radius 1 is 1.06 bits per heavy atom. The fraction of sp³-hybridized carbons (Fsp3) is 0.192. The van der Waals surface area contributed by atoms with Crippen LogP contribution in [-0.4, -0.2) is 46.7 Å². The fourth-order valence-corrected chi connectivity index (χ4v) is 4.52. The number of amides is 2. The van der Waals surface area contributed by atoms with Crippen molar-refractivity contribution >= 4 is 29.1 Å². The van der Waals surface area contributed by atoms with Gasteiger partial charge in [-0.1, -0.05) is 60.2 Å². The highest BCUT2D eigenvalue weighted by atomic mass is 16.6. The summed E-state index contributed by atoms with van der Waals surface area (Å²) in [5, 5.41) is 17.8. The van der Waals surface area contributed by atoms with E-state index in [2.05, 4.69) is 0 Å². The van der Waals surface area contributed by atoms with Crippen LogP contribution >= 0.6 is 0 Å². The maximum atomic E-state index is 13.8. The van der Waals surface area contributed by atoms with Crippen LogP contribution < -0.4 is 5.01 Å². The lowest BCUT2D eigenvalue weighted by Gasteiger charge is -2.29. The van der Waals surface area contributed by atoms with Gasteiger partial charge in [-0.25, -0.2) is 9.69 Å². The molecule has 2 aliphatic heterocycles. The van der Waals surface area contributed by atoms with Crippen LogP contribution in [0.2, 0.25) is 0 Å². The quantitative estimate of drug-likeness (QED) is 0.408. The maximum Gasteiger partial charge on any atom is 0.416 e. The first-order chi connectivity index (χ1) is 16.9. The van der Waals surface area contributed by atoms with E-state index < -0.39 is 28.9 Å². The molecular weight excluding hydrogens is 448 g/mol. The van der Waals surface area contributed by atoms with Crippen LogP contribution in [0.15, 0.2) is 84.0 Å². The molecule has 0 unspecified atom stereocenters. The summed E-state index contributed by atoms with van der Waals surface area (Å²) in [6.07, 6.45) is -0.686. The number of hydrogen-bond donors (Lipinski definition) is 0. The molecule has 2 aliphatic rings. The first-order valence-corrected chi connectivity index (χ1v) is 11.2. The minimum Gasteiger partial charge on any atom is -0.447 e. The van der Waals surface area contributed by atoms with Crippen molar-refractivity contribution in [2.75, 3.05) is 18.2 Å². The summed E-state index contributed by atoms with van der Waals surface area (Å²) in [6, 6.07) is 22.3. The highest BCUT2D eigenvalue weighted by Gasteiger charge is 2.48. The van der Waals surface area contributed by atoms with E-state index in [0.717, 1.165) is 16.0 Å². The number of carbonyl (C=O) groups excluding carboxylic acids is 2. The summed E-state index contributed by atoms with van der Waals surface area (Å²) in [5.74, 6) is -1.02. The number of aryl methyl sites for hydroxylation is 1. The monoisotopic (exact) mass is 470 g/mol. The average Bonchev–Trinajstić information content (AvgIpc) is 3.48. The molecule has 2 amide bonds. The van der Waals surface area contributed by atoms with E-state index in [0.29, 0.717) is 17.0 Å². The molecule has 0 bridgehead atoms. The molecule has 2 heterocycles. The Morgan fingerprint density at radius 3 is 2.43 bits per heavy atom. The van der Waals surface area contributed by atoms with Crippen LogP contribution in [0.1, 0.15) is 22.6 Å². The Labute approximate surface area is 201 Å². The number of anilines is 1. The van der Waals surface area contributed by atoms with Gasteiger partial charge in [0.1, 0.15) is 12.6 Å². The van der Waals surface area contributed by atoms with E-state index in [1.807, 2.05) is 61.5 Å². The molecule has 0 radical (unpaired) electrons. The average molecular weight is 470 g/mol. The number of para-hydroxylation sites is 1.